The normalized spacial score (nSPS) is 11.3. The van der Waals surface area contributed by atoms with Crippen molar-refractivity contribution in [3.8, 4) is 0 Å². The van der Waals surface area contributed by atoms with Crippen molar-refractivity contribution in [2.75, 3.05) is 19.3 Å². The monoisotopic (exact) mass is 249 g/mol. The molecule has 2 aromatic heterocycles. The van der Waals surface area contributed by atoms with Gasteiger partial charge in [0.1, 0.15) is 11.6 Å². The van der Waals surface area contributed by atoms with E-state index in [-0.39, 0.29) is 0 Å². The summed E-state index contributed by atoms with van der Waals surface area (Å²) in [6, 6.07) is 3.77. The Bertz CT molecular complexity index is 490. The first-order chi connectivity index (χ1) is 8.63. The van der Waals surface area contributed by atoms with Crippen LogP contribution < -0.4 is 5.73 Å². The standard InChI is InChI=1S/C12H19N5O/c1-10-8-11(15-18-10)9-16(2)5-3-6-17-7-4-12(13)14-17/h4,7-8H,3,5-6,9H2,1-2H3,(H2,13,14). The van der Waals surface area contributed by atoms with Gasteiger partial charge in [-0.2, -0.15) is 5.10 Å². The number of hydrogen-bond acceptors (Lipinski definition) is 5. The molecule has 2 heterocycles. The molecule has 0 amide bonds. The highest BCUT2D eigenvalue weighted by Crippen LogP contribution is 2.05. The molecule has 0 saturated carbocycles. The third-order valence-corrected chi connectivity index (χ3v) is 2.70. The Kier molecular flexibility index (Phi) is 3.99. The average Bonchev–Trinajstić information content (AvgIpc) is 2.88. The first kappa shape index (κ1) is 12.6. The smallest absolute Gasteiger partial charge is 0.145 e. The van der Waals surface area contributed by atoms with Crippen molar-refractivity contribution in [1.82, 2.24) is 19.8 Å². The summed E-state index contributed by atoms with van der Waals surface area (Å²) in [4.78, 5) is 2.21. The van der Waals surface area contributed by atoms with Crippen molar-refractivity contribution in [2.24, 2.45) is 0 Å². The van der Waals surface area contributed by atoms with Crippen LogP contribution in [0.15, 0.2) is 22.9 Å². The van der Waals surface area contributed by atoms with Crippen LogP contribution in [0.5, 0.6) is 0 Å². The van der Waals surface area contributed by atoms with E-state index in [4.69, 9.17) is 10.3 Å². The number of nitrogen functional groups attached to an aromatic ring is 1. The third-order valence-electron chi connectivity index (χ3n) is 2.70. The zero-order valence-corrected chi connectivity index (χ0v) is 10.8. The van der Waals surface area contributed by atoms with Gasteiger partial charge in [-0.05, 0) is 26.5 Å². The first-order valence-corrected chi connectivity index (χ1v) is 6.03. The van der Waals surface area contributed by atoms with Crippen molar-refractivity contribution < 1.29 is 4.52 Å². The van der Waals surface area contributed by atoms with E-state index in [0.717, 1.165) is 37.5 Å². The predicted octanol–water partition coefficient (Wildman–Crippen LogP) is 1.28. The van der Waals surface area contributed by atoms with Crippen molar-refractivity contribution in [1.29, 1.82) is 0 Å². The van der Waals surface area contributed by atoms with Gasteiger partial charge in [-0.15, -0.1) is 0 Å². The Morgan fingerprint density at radius 3 is 2.94 bits per heavy atom. The Balaban J connectivity index is 1.70. The summed E-state index contributed by atoms with van der Waals surface area (Å²) in [6.07, 6.45) is 2.92. The minimum atomic E-state index is 0.571. The summed E-state index contributed by atoms with van der Waals surface area (Å²) >= 11 is 0. The molecule has 0 fully saturated rings. The van der Waals surface area contributed by atoms with Gasteiger partial charge in [0.2, 0.25) is 0 Å². The van der Waals surface area contributed by atoms with Crippen LogP contribution in [0.25, 0.3) is 0 Å². The number of nitrogens with zero attached hydrogens (tertiary/aromatic N) is 4. The van der Waals surface area contributed by atoms with Crippen LogP contribution in [0.4, 0.5) is 5.82 Å². The lowest BCUT2D eigenvalue weighted by Gasteiger charge is -2.14. The van der Waals surface area contributed by atoms with Crippen molar-refractivity contribution in [2.45, 2.75) is 26.4 Å². The Morgan fingerprint density at radius 1 is 1.50 bits per heavy atom. The molecule has 18 heavy (non-hydrogen) atoms. The molecule has 2 aromatic rings. The molecule has 0 spiro atoms. The zero-order chi connectivity index (χ0) is 13.0. The van der Waals surface area contributed by atoms with Gasteiger partial charge < -0.3 is 15.2 Å². The molecule has 0 atom stereocenters. The van der Waals surface area contributed by atoms with Crippen LogP contribution in [0.3, 0.4) is 0 Å². The number of aryl methyl sites for hydroxylation is 2. The number of rotatable bonds is 6. The van der Waals surface area contributed by atoms with Gasteiger partial charge in [0.25, 0.3) is 0 Å². The number of anilines is 1. The van der Waals surface area contributed by atoms with E-state index in [2.05, 4.69) is 22.2 Å². The molecular formula is C12H19N5O. The van der Waals surface area contributed by atoms with E-state index in [1.165, 1.54) is 0 Å². The third kappa shape index (κ3) is 3.59. The Hall–Kier alpha value is -1.82. The average molecular weight is 249 g/mol. The van der Waals surface area contributed by atoms with Gasteiger partial charge in [0, 0.05) is 31.9 Å². The molecule has 0 aromatic carbocycles. The van der Waals surface area contributed by atoms with Crippen molar-refractivity contribution in [3.05, 3.63) is 29.8 Å². The number of aromatic nitrogens is 3. The molecule has 6 heteroatoms. The highest BCUT2D eigenvalue weighted by atomic mass is 16.5. The Labute approximate surface area is 106 Å². The van der Waals surface area contributed by atoms with Gasteiger partial charge in [-0.1, -0.05) is 5.16 Å². The maximum Gasteiger partial charge on any atom is 0.145 e. The van der Waals surface area contributed by atoms with E-state index in [9.17, 15) is 0 Å². The fraction of sp³-hybridized carbons (Fsp3) is 0.500. The highest BCUT2D eigenvalue weighted by molar-refractivity contribution is 5.23. The molecule has 0 saturated heterocycles. The second kappa shape index (κ2) is 5.68. The lowest BCUT2D eigenvalue weighted by Crippen LogP contribution is -2.20. The lowest BCUT2D eigenvalue weighted by atomic mass is 10.3. The summed E-state index contributed by atoms with van der Waals surface area (Å²) in [5.41, 5.74) is 6.52. The van der Waals surface area contributed by atoms with Crippen molar-refractivity contribution in [3.63, 3.8) is 0 Å². The largest absolute Gasteiger partial charge is 0.382 e. The van der Waals surface area contributed by atoms with Gasteiger partial charge in [0.05, 0.1) is 5.69 Å². The molecule has 0 unspecified atom stereocenters. The maximum absolute atomic E-state index is 5.55. The molecular weight excluding hydrogens is 230 g/mol. The Morgan fingerprint density at radius 2 is 2.33 bits per heavy atom. The van der Waals surface area contributed by atoms with E-state index < -0.39 is 0 Å². The minimum absolute atomic E-state index is 0.571. The number of nitrogens with two attached hydrogens (primary N) is 1. The summed E-state index contributed by atoms with van der Waals surface area (Å²) in [5.74, 6) is 1.42. The molecule has 2 N–H and O–H groups in total. The first-order valence-electron chi connectivity index (χ1n) is 6.03. The molecule has 98 valence electrons. The quantitative estimate of drug-likeness (QED) is 0.835. The van der Waals surface area contributed by atoms with Gasteiger partial charge in [-0.25, -0.2) is 0 Å². The van der Waals surface area contributed by atoms with E-state index in [1.54, 1.807) is 0 Å². The molecule has 0 aliphatic heterocycles. The second-order valence-corrected chi connectivity index (χ2v) is 4.52. The van der Waals surface area contributed by atoms with Crippen LogP contribution in [-0.4, -0.2) is 33.4 Å². The SMILES string of the molecule is Cc1cc(CN(C)CCCn2ccc(N)n2)no1. The van der Waals surface area contributed by atoms with Crippen LogP contribution in [0.1, 0.15) is 17.9 Å². The predicted molar refractivity (Wildman–Crippen MR) is 68.8 cm³/mol. The fourth-order valence-electron chi connectivity index (χ4n) is 1.85. The van der Waals surface area contributed by atoms with E-state index in [0.29, 0.717) is 5.82 Å². The number of hydrogen-bond donors (Lipinski definition) is 1. The topological polar surface area (TPSA) is 73.1 Å². The zero-order valence-electron chi connectivity index (χ0n) is 10.8. The second-order valence-electron chi connectivity index (χ2n) is 4.52. The van der Waals surface area contributed by atoms with Crippen LogP contribution in [-0.2, 0) is 13.1 Å². The lowest BCUT2D eigenvalue weighted by molar-refractivity contribution is 0.297. The summed E-state index contributed by atoms with van der Waals surface area (Å²) in [6.45, 7) is 4.56. The molecule has 6 nitrogen and oxygen atoms in total. The summed E-state index contributed by atoms with van der Waals surface area (Å²) in [5, 5.41) is 8.12. The van der Waals surface area contributed by atoms with Crippen molar-refractivity contribution >= 4 is 5.82 Å². The molecule has 0 aliphatic carbocycles. The summed E-state index contributed by atoms with van der Waals surface area (Å²) in [7, 11) is 2.07. The van der Waals surface area contributed by atoms with E-state index in [1.807, 2.05) is 29.9 Å². The molecule has 0 radical (unpaired) electrons. The maximum atomic E-state index is 5.55. The van der Waals surface area contributed by atoms with Crippen LogP contribution in [0, 0.1) is 6.92 Å². The van der Waals surface area contributed by atoms with Gasteiger partial charge >= 0.3 is 0 Å². The molecule has 2 rings (SSSR count). The molecule has 0 bridgehead atoms. The van der Waals surface area contributed by atoms with Gasteiger partial charge in [-0.3, -0.25) is 4.68 Å². The summed E-state index contributed by atoms with van der Waals surface area (Å²) < 4.78 is 6.90. The molecule has 0 aliphatic rings. The highest BCUT2D eigenvalue weighted by Gasteiger charge is 2.04. The van der Waals surface area contributed by atoms with Crippen LogP contribution >= 0.6 is 0 Å². The van der Waals surface area contributed by atoms with Gasteiger partial charge in [0.15, 0.2) is 0 Å². The fourth-order valence-corrected chi connectivity index (χ4v) is 1.85. The van der Waals surface area contributed by atoms with E-state index >= 15 is 0 Å². The van der Waals surface area contributed by atoms with Crippen LogP contribution in [0.2, 0.25) is 0 Å². The minimum Gasteiger partial charge on any atom is -0.382 e.